The number of H-pyrrole nitrogens is 1. The normalized spacial score (nSPS) is 20.9. The van der Waals surface area contributed by atoms with Gasteiger partial charge in [0.05, 0.1) is 24.9 Å². The van der Waals surface area contributed by atoms with Crippen LogP contribution in [0.2, 0.25) is 0 Å². The number of carbonyl (C=O) groups excluding carboxylic acids is 1. The number of aliphatic hydroxyl groups excluding tert-OH is 1. The Labute approximate surface area is 191 Å². The first-order valence-electron chi connectivity index (χ1n) is 11.5. The number of hydrogen-bond acceptors (Lipinski definition) is 6. The molecule has 2 aliphatic rings. The molecule has 10 heteroatoms. The molecule has 2 aliphatic heterocycles. The largest absolute Gasteiger partial charge is 0.489 e. The SMILES string of the molecule is O=C(NC[C@@H]1CCN(CCCCn2ccc(=O)[nH]2)C[C@H]1O)c1ccc(F)c2c1OCCCO2. The fraction of sp³-hybridized carbons (Fsp3) is 0.565. The second-order valence-corrected chi connectivity index (χ2v) is 8.62. The number of aromatic amines is 1. The van der Waals surface area contributed by atoms with E-state index in [0.717, 1.165) is 38.9 Å². The Balaban J connectivity index is 1.22. The summed E-state index contributed by atoms with van der Waals surface area (Å²) in [5.41, 5.74) is 0.146. The lowest BCUT2D eigenvalue weighted by Gasteiger charge is -2.36. The molecule has 0 bridgehead atoms. The minimum Gasteiger partial charge on any atom is -0.489 e. The van der Waals surface area contributed by atoms with Crippen LogP contribution in [0.5, 0.6) is 11.5 Å². The lowest BCUT2D eigenvalue weighted by molar-refractivity contribution is 0.0215. The lowest BCUT2D eigenvalue weighted by Crippen LogP contribution is -2.47. The first-order chi connectivity index (χ1) is 16.0. The van der Waals surface area contributed by atoms with Crippen molar-refractivity contribution in [3.8, 4) is 11.5 Å². The minimum absolute atomic E-state index is 0.0170. The second kappa shape index (κ2) is 10.8. The molecule has 2 aromatic rings. The Morgan fingerprint density at radius 2 is 1.97 bits per heavy atom. The van der Waals surface area contributed by atoms with Crippen LogP contribution in [0.15, 0.2) is 29.2 Å². The van der Waals surface area contributed by atoms with Gasteiger partial charge in [-0.1, -0.05) is 0 Å². The van der Waals surface area contributed by atoms with E-state index in [4.69, 9.17) is 9.47 Å². The van der Waals surface area contributed by atoms with E-state index in [1.54, 1.807) is 10.9 Å². The monoisotopic (exact) mass is 462 g/mol. The molecule has 1 saturated heterocycles. The Hall–Kier alpha value is -2.85. The van der Waals surface area contributed by atoms with Gasteiger partial charge in [-0.3, -0.25) is 19.4 Å². The average molecular weight is 463 g/mol. The smallest absolute Gasteiger partial charge is 0.264 e. The molecule has 9 nitrogen and oxygen atoms in total. The van der Waals surface area contributed by atoms with Gasteiger partial charge in [0, 0.05) is 44.2 Å². The Morgan fingerprint density at radius 1 is 1.18 bits per heavy atom. The third-order valence-corrected chi connectivity index (χ3v) is 6.20. The maximum absolute atomic E-state index is 14.1. The minimum atomic E-state index is -0.548. The fourth-order valence-corrected chi connectivity index (χ4v) is 4.33. The molecule has 2 atom stereocenters. The highest BCUT2D eigenvalue weighted by Gasteiger charge is 2.29. The number of halogens is 1. The van der Waals surface area contributed by atoms with Crippen LogP contribution in [0.4, 0.5) is 4.39 Å². The molecule has 0 unspecified atom stereocenters. The number of ether oxygens (including phenoxy) is 2. The van der Waals surface area contributed by atoms with Crippen LogP contribution < -0.4 is 20.3 Å². The molecule has 1 aromatic carbocycles. The number of aliphatic hydroxyl groups is 1. The van der Waals surface area contributed by atoms with Gasteiger partial charge in [-0.15, -0.1) is 0 Å². The maximum atomic E-state index is 14.1. The van der Waals surface area contributed by atoms with Gasteiger partial charge in [0.25, 0.3) is 11.5 Å². The van der Waals surface area contributed by atoms with Crippen LogP contribution in [0.1, 0.15) is 36.0 Å². The molecular formula is C23H31FN4O5. The third-order valence-electron chi connectivity index (χ3n) is 6.20. The van der Waals surface area contributed by atoms with E-state index in [0.29, 0.717) is 32.7 Å². The van der Waals surface area contributed by atoms with E-state index in [1.165, 1.54) is 18.2 Å². The number of aromatic nitrogens is 2. The predicted octanol–water partition coefficient (Wildman–Crippen LogP) is 1.37. The van der Waals surface area contributed by atoms with Gasteiger partial charge in [0.1, 0.15) is 0 Å². The molecule has 0 spiro atoms. The number of nitrogens with one attached hydrogen (secondary N) is 2. The van der Waals surface area contributed by atoms with Crippen molar-refractivity contribution in [3.63, 3.8) is 0 Å². The van der Waals surface area contributed by atoms with Crippen LogP contribution in [0, 0.1) is 11.7 Å². The van der Waals surface area contributed by atoms with Gasteiger partial charge in [0.15, 0.2) is 17.3 Å². The molecule has 0 radical (unpaired) electrons. The van der Waals surface area contributed by atoms with Crippen LogP contribution in [0.3, 0.4) is 0 Å². The first kappa shape index (κ1) is 23.3. The van der Waals surface area contributed by atoms with Gasteiger partial charge in [-0.2, -0.15) is 0 Å². The lowest BCUT2D eigenvalue weighted by atomic mass is 9.93. The Kier molecular flexibility index (Phi) is 7.66. The Morgan fingerprint density at radius 3 is 2.73 bits per heavy atom. The number of likely N-dealkylation sites (tertiary alicyclic amines) is 1. The summed E-state index contributed by atoms with van der Waals surface area (Å²) in [5, 5.41) is 16.2. The molecule has 3 N–H and O–H groups in total. The molecule has 33 heavy (non-hydrogen) atoms. The van der Waals surface area contributed by atoms with Crippen molar-refractivity contribution in [1.29, 1.82) is 0 Å². The number of aryl methyl sites for hydroxylation is 1. The van der Waals surface area contributed by atoms with Gasteiger partial charge >= 0.3 is 0 Å². The number of β-amino-alcohol motifs (C(OH)–C–C–N with tert-alkyl or cyclic N) is 1. The molecule has 0 aliphatic carbocycles. The summed E-state index contributed by atoms with van der Waals surface area (Å²) >= 11 is 0. The fourth-order valence-electron chi connectivity index (χ4n) is 4.33. The maximum Gasteiger partial charge on any atom is 0.264 e. The van der Waals surface area contributed by atoms with E-state index in [1.807, 2.05) is 0 Å². The topological polar surface area (TPSA) is 109 Å². The highest BCUT2D eigenvalue weighted by atomic mass is 19.1. The van der Waals surface area contributed by atoms with Crippen LogP contribution in [-0.4, -0.2) is 71.2 Å². The van der Waals surface area contributed by atoms with Crippen molar-refractivity contribution >= 4 is 5.91 Å². The van der Waals surface area contributed by atoms with Gasteiger partial charge in [-0.05, 0) is 44.5 Å². The summed E-state index contributed by atoms with van der Waals surface area (Å²) in [6, 6.07) is 4.12. The molecule has 3 heterocycles. The zero-order chi connectivity index (χ0) is 23.2. The van der Waals surface area contributed by atoms with Gasteiger partial charge < -0.3 is 24.8 Å². The summed E-state index contributed by atoms with van der Waals surface area (Å²) in [6.45, 7) is 4.07. The zero-order valence-electron chi connectivity index (χ0n) is 18.6. The number of unbranched alkanes of at least 4 members (excludes halogenated alkanes) is 1. The van der Waals surface area contributed by atoms with Crippen LogP contribution >= 0.6 is 0 Å². The summed E-state index contributed by atoms with van der Waals surface area (Å²) in [5.74, 6) is -0.838. The summed E-state index contributed by atoms with van der Waals surface area (Å²) < 4.78 is 26.9. The van der Waals surface area contributed by atoms with Gasteiger partial charge in [-0.25, -0.2) is 4.39 Å². The van der Waals surface area contributed by atoms with Crippen molar-refractivity contribution in [2.45, 2.75) is 38.3 Å². The molecule has 1 fully saturated rings. The first-order valence-corrected chi connectivity index (χ1v) is 11.5. The van der Waals surface area contributed by atoms with Crippen molar-refractivity contribution in [2.24, 2.45) is 5.92 Å². The van der Waals surface area contributed by atoms with E-state index < -0.39 is 11.9 Å². The predicted molar refractivity (Wildman–Crippen MR) is 119 cm³/mol. The molecule has 4 rings (SSSR count). The van der Waals surface area contributed by atoms with Gasteiger partial charge in [0.2, 0.25) is 0 Å². The number of amides is 1. The van der Waals surface area contributed by atoms with E-state index >= 15 is 0 Å². The van der Waals surface area contributed by atoms with Crippen LogP contribution in [-0.2, 0) is 6.54 Å². The molecule has 1 aromatic heterocycles. The number of piperidine rings is 1. The quantitative estimate of drug-likeness (QED) is 0.512. The summed E-state index contributed by atoms with van der Waals surface area (Å²) in [6.07, 6.45) is 4.49. The number of fused-ring (bicyclic) bond motifs is 1. The van der Waals surface area contributed by atoms with E-state index in [-0.39, 0.29) is 34.4 Å². The zero-order valence-corrected chi connectivity index (χ0v) is 18.6. The third kappa shape index (κ3) is 5.94. The molecule has 0 saturated carbocycles. The van der Waals surface area contributed by atoms with Crippen molar-refractivity contribution in [3.05, 3.63) is 46.1 Å². The molecule has 180 valence electrons. The van der Waals surface area contributed by atoms with Crippen LogP contribution in [0.25, 0.3) is 0 Å². The van der Waals surface area contributed by atoms with E-state index in [2.05, 4.69) is 15.3 Å². The second-order valence-electron chi connectivity index (χ2n) is 8.62. The van der Waals surface area contributed by atoms with Crippen molar-refractivity contribution < 1.29 is 23.8 Å². The molecular weight excluding hydrogens is 431 g/mol. The number of carbonyl (C=O) groups is 1. The molecule has 1 amide bonds. The van der Waals surface area contributed by atoms with Crippen molar-refractivity contribution in [2.75, 3.05) is 39.4 Å². The van der Waals surface area contributed by atoms with Crippen molar-refractivity contribution in [1.82, 2.24) is 20.0 Å². The number of rotatable bonds is 8. The standard InChI is InChI=1S/C23H31FN4O5/c24-18-5-4-17(21-22(18)33-13-3-12-32-21)23(31)25-14-16-6-10-27(15-19(16)29)8-1-2-9-28-11-7-20(30)26-28/h4-5,7,11,16,19,29H,1-3,6,8-10,12-15H2,(H,25,31)(H,26,30)/t16-,19+/m0/s1. The summed E-state index contributed by atoms with van der Waals surface area (Å²) in [4.78, 5) is 26.1. The summed E-state index contributed by atoms with van der Waals surface area (Å²) in [7, 11) is 0. The Bertz CT molecular complexity index is 1010. The number of benzene rings is 1. The van der Waals surface area contributed by atoms with E-state index in [9.17, 15) is 19.1 Å². The highest BCUT2D eigenvalue weighted by Crippen LogP contribution is 2.36. The highest BCUT2D eigenvalue weighted by molar-refractivity contribution is 5.97. The number of hydrogen-bond donors (Lipinski definition) is 3. The average Bonchev–Trinajstić information content (AvgIpc) is 3.05. The number of nitrogens with zero attached hydrogens (tertiary/aromatic N) is 2.